The first-order valence-electron chi connectivity index (χ1n) is 10.7. The molecular formula is C26H24ClN3O3. The molecule has 0 aliphatic carbocycles. The van der Waals surface area contributed by atoms with Crippen LogP contribution >= 0.6 is 11.6 Å². The molecule has 168 valence electrons. The van der Waals surface area contributed by atoms with Crippen molar-refractivity contribution in [3.8, 4) is 11.5 Å². The first-order chi connectivity index (χ1) is 16.1. The second-order valence-corrected chi connectivity index (χ2v) is 8.42. The van der Waals surface area contributed by atoms with Crippen LogP contribution in [0.5, 0.6) is 11.5 Å². The van der Waals surface area contributed by atoms with Gasteiger partial charge in [0.05, 0.1) is 20.3 Å². The number of carbonyl (C=O) groups excluding carboxylic acids is 1. The molecule has 0 fully saturated rings. The second kappa shape index (κ2) is 8.71. The van der Waals surface area contributed by atoms with Gasteiger partial charge in [-0.25, -0.2) is 4.79 Å². The third-order valence-corrected chi connectivity index (χ3v) is 6.37. The smallest absolute Gasteiger partial charge is 0.322 e. The number of fused-ring (bicyclic) bond motifs is 3. The number of benzene rings is 3. The van der Waals surface area contributed by atoms with Gasteiger partial charge >= 0.3 is 6.03 Å². The number of aromatic nitrogens is 1. The summed E-state index contributed by atoms with van der Waals surface area (Å²) in [7, 11) is 3.31. The summed E-state index contributed by atoms with van der Waals surface area (Å²) in [5.74, 6) is 1.58. The Labute approximate surface area is 197 Å². The molecule has 4 aromatic rings. The Kier molecular flexibility index (Phi) is 5.60. The highest BCUT2D eigenvalue weighted by atomic mass is 35.5. The number of ether oxygens (including phenoxy) is 2. The molecule has 1 aromatic heterocycles. The summed E-state index contributed by atoms with van der Waals surface area (Å²) in [6, 6.07) is 20.6. The van der Waals surface area contributed by atoms with Gasteiger partial charge in [0.25, 0.3) is 0 Å². The largest absolute Gasteiger partial charge is 0.497 e. The number of rotatable bonds is 4. The number of nitrogens with zero attached hydrogens (tertiary/aromatic N) is 1. The minimum atomic E-state index is -0.273. The second-order valence-electron chi connectivity index (χ2n) is 7.98. The number of amides is 2. The van der Waals surface area contributed by atoms with Crippen LogP contribution in [-0.2, 0) is 6.42 Å². The van der Waals surface area contributed by atoms with Gasteiger partial charge in [-0.2, -0.15) is 0 Å². The third kappa shape index (κ3) is 3.98. The lowest BCUT2D eigenvalue weighted by Gasteiger charge is -2.36. The van der Waals surface area contributed by atoms with Crippen molar-refractivity contribution in [3.05, 3.63) is 88.6 Å². The van der Waals surface area contributed by atoms with E-state index in [4.69, 9.17) is 21.1 Å². The number of nitrogens with one attached hydrogen (secondary N) is 2. The fraction of sp³-hybridized carbons (Fsp3) is 0.192. The van der Waals surface area contributed by atoms with Crippen LogP contribution in [0.1, 0.15) is 22.9 Å². The average molecular weight is 462 g/mol. The van der Waals surface area contributed by atoms with E-state index < -0.39 is 0 Å². The molecule has 0 spiro atoms. The number of hydrogen-bond acceptors (Lipinski definition) is 3. The summed E-state index contributed by atoms with van der Waals surface area (Å²) < 4.78 is 10.8. The van der Waals surface area contributed by atoms with E-state index in [2.05, 4.69) is 16.4 Å². The molecule has 0 unspecified atom stereocenters. The van der Waals surface area contributed by atoms with Crippen LogP contribution in [0.3, 0.4) is 0 Å². The summed E-state index contributed by atoms with van der Waals surface area (Å²) in [5, 5.41) is 4.76. The SMILES string of the molecule is COc1ccc([C@H]2c3[nH]c4ccc(OC)cc4c3CCN2C(=O)Nc2ccc(Cl)cc2)cc1. The molecule has 0 bridgehead atoms. The van der Waals surface area contributed by atoms with Gasteiger partial charge < -0.3 is 24.7 Å². The molecule has 2 heterocycles. The topological polar surface area (TPSA) is 66.6 Å². The van der Waals surface area contributed by atoms with Crippen molar-refractivity contribution < 1.29 is 14.3 Å². The van der Waals surface area contributed by atoms with Gasteiger partial charge in [0.15, 0.2) is 0 Å². The van der Waals surface area contributed by atoms with Crippen LogP contribution in [0, 0.1) is 0 Å². The Morgan fingerprint density at radius 1 is 1.00 bits per heavy atom. The van der Waals surface area contributed by atoms with Crippen LogP contribution in [0.4, 0.5) is 10.5 Å². The Morgan fingerprint density at radius 3 is 2.39 bits per heavy atom. The molecule has 0 saturated heterocycles. The van der Waals surface area contributed by atoms with Gasteiger partial charge in [-0.15, -0.1) is 0 Å². The molecule has 3 aromatic carbocycles. The number of urea groups is 1. The number of halogens is 1. The molecule has 7 heteroatoms. The molecule has 2 N–H and O–H groups in total. The number of methoxy groups -OCH3 is 2. The minimum absolute atomic E-state index is 0.167. The van der Waals surface area contributed by atoms with Crippen molar-refractivity contribution in [1.82, 2.24) is 9.88 Å². The Morgan fingerprint density at radius 2 is 1.70 bits per heavy atom. The van der Waals surface area contributed by atoms with Gasteiger partial charge in [0.2, 0.25) is 0 Å². The lowest BCUT2D eigenvalue weighted by Crippen LogP contribution is -2.43. The maximum atomic E-state index is 13.4. The van der Waals surface area contributed by atoms with E-state index in [9.17, 15) is 4.79 Å². The van der Waals surface area contributed by atoms with Crippen molar-refractivity contribution >= 4 is 34.2 Å². The quantitative estimate of drug-likeness (QED) is 0.390. The van der Waals surface area contributed by atoms with E-state index in [0.29, 0.717) is 17.3 Å². The van der Waals surface area contributed by atoms with Gasteiger partial charge in [0, 0.05) is 33.9 Å². The van der Waals surface area contributed by atoms with Crippen molar-refractivity contribution in [2.45, 2.75) is 12.5 Å². The average Bonchev–Trinajstić information content (AvgIpc) is 3.22. The maximum Gasteiger partial charge on any atom is 0.322 e. The molecule has 1 atom stereocenters. The number of aromatic amines is 1. The zero-order chi connectivity index (χ0) is 22.9. The molecule has 1 aliphatic heterocycles. The Hall–Kier alpha value is -3.64. The molecule has 2 amide bonds. The van der Waals surface area contributed by atoms with E-state index in [1.54, 1.807) is 38.5 Å². The zero-order valence-electron chi connectivity index (χ0n) is 18.4. The highest BCUT2D eigenvalue weighted by Gasteiger charge is 2.34. The van der Waals surface area contributed by atoms with E-state index in [-0.39, 0.29) is 12.1 Å². The normalized spacial score (nSPS) is 15.2. The predicted octanol–water partition coefficient (Wildman–Crippen LogP) is 6.02. The van der Waals surface area contributed by atoms with Crippen molar-refractivity contribution in [1.29, 1.82) is 0 Å². The highest BCUT2D eigenvalue weighted by molar-refractivity contribution is 6.30. The molecule has 5 rings (SSSR count). The molecule has 0 radical (unpaired) electrons. The van der Waals surface area contributed by atoms with Crippen LogP contribution in [0.25, 0.3) is 10.9 Å². The van der Waals surface area contributed by atoms with Gasteiger partial charge in [-0.05, 0) is 72.1 Å². The monoisotopic (exact) mass is 461 g/mol. The summed E-state index contributed by atoms with van der Waals surface area (Å²) in [6.07, 6.45) is 0.739. The van der Waals surface area contributed by atoms with Gasteiger partial charge in [-0.1, -0.05) is 23.7 Å². The van der Waals surface area contributed by atoms with Crippen LogP contribution in [0.2, 0.25) is 5.02 Å². The predicted molar refractivity (Wildman–Crippen MR) is 131 cm³/mol. The summed E-state index contributed by atoms with van der Waals surface area (Å²) in [5.41, 5.74) is 4.95. The fourth-order valence-electron chi connectivity index (χ4n) is 4.47. The van der Waals surface area contributed by atoms with Crippen molar-refractivity contribution in [2.75, 3.05) is 26.1 Å². The van der Waals surface area contributed by atoms with Crippen molar-refractivity contribution in [2.24, 2.45) is 0 Å². The van der Waals surface area contributed by atoms with E-state index >= 15 is 0 Å². The van der Waals surface area contributed by atoms with E-state index in [0.717, 1.165) is 40.1 Å². The zero-order valence-corrected chi connectivity index (χ0v) is 19.1. The molecule has 6 nitrogen and oxygen atoms in total. The first-order valence-corrected chi connectivity index (χ1v) is 11.1. The Balaban J connectivity index is 1.57. The number of H-pyrrole nitrogens is 1. The first kappa shape index (κ1) is 21.2. The molecular weight excluding hydrogens is 438 g/mol. The van der Waals surface area contributed by atoms with Crippen molar-refractivity contribution in [3.63, 3.8) is 0 Å². The molecule has 33 heavy (non-hydrogen) atoms. The summed E-state index contributed by atoms with van der Waals surface area (Å²) in [4.78, 5) is 18.8. The van der Waals surface area contributed by atoms with Crippen LogP contribution in [0.15, 0.2) is 66.7 Å². The number of carbonyl (C=O) groups is 1. The van der Waals surface area contributed by atoms with Crippen LogP contribution in [-0.4, -0.2) is 36.7 Å². The third-order valence-electron chi connectivity index (χ3n) is 6.12. The summed E-state index contributed by atoms with van der Waals surface area (Å²) >= 11 is 5.99. The maximum absolute atomic E-state index is 13.4. The van der Waals surface area contributed by atoms with E-state index in [1.165, 1.54) is 5.56 Å². The van der Waals surface area contributed by atoms with E-state index in [1.807, 2.05) is 41.3 Å². The standard InChI is InChI=1S/C26H24ClN3O3/c1-32-19-9-3-16(4-10-19)25-24-21(22-15-20(33-2)11-12-23(22)29-24)13-14-30(25)26(31)28-18-7-5-17(27)6-8-18/h3-12,15,25,29H,13-14H2,1-2H3,(H,28,31)/t25-/m0/s1. The lowest BCUT2D eigenvalue weighted by molar-refractivity contribution is 0.193. The molecule has 0 saturated carbocycles. The fourth-order valence-corrected chi connectivity index (χ4v) is 4.60. The number of hydrogen-bond donors (Lipinski definition) is 2. The number of anilines is 1. The lowest BCUT2D eigenvalue weighted by atomic mass is 9.92. The molecule has 1 aliphatic rings. The minimum Gasteiger partial charge on any atom is -0.497 e. The van der Waals surface area contributed by atoms with Gasteiger partial charge in [-0.3, -0.25) is 0 Å². The Bertz CT molecular complexity index is 1300. The summed E-state index contributed by atoms with van der Waals surface area (Å²) in [6.45, 7) is 0.577. The van der Waals surface area contributed by atoms with Crippen LogP contribution < -0.4 is 14.8 Å². The highest BCUT2D eigenvalue weighted by Crippen LogP contribution is 2.40. The van der Waals surface area contributed by atoms with Gasteiger partial charge in [0.1, 0.15) is 11.5 Å².